The molecule has 0 bridgehead atoms. The third kappa shape index (κ3) is 4.67. The summed E-state index contributed by atoms with van der Waals surface area (Å²) in [4.78, 5) is 12.6. The maximum absolute atomic E-state index is 12.8. The Kier molecular flexibility index (Phi) is 6.62. The van der Waals surface area contributed by atoms with Crippen molar-refractivity contribution in [3.8, 4) is 11.5 Å². The van der Waals surface area contributed by atoms with Crippen molar-refractivity contribution < 1.29 is 23.1 Å². The number of phenols is 1. The fourth-order valence-electron chi connectivity index (χ4n) is 2.70. The molecule has 7 heteroatoms. The number of benzene rings is 2. The van der Waals surface area contributed by atoms with Gasteiger partial charge in [-0.15, -0.1) is 0 Å². The lowest BCUT2D eigenvalue weighted by Crippen LogP contribution is -2.34. The highest BCUT2D eigenvalue weighted by molar-refractivity contribution is 7.89. The lowest BCUT2D eigenvalue weighted by atomic mass is 10.0. The molecule has 0 atom stereocenters. The van der Waals surface area contributed by atoms with E-state index in [1.54, 1.807) is 24.3 Å². The molecule has 0 aliphatic carbocycles. The van der Waals surface area contributed by atoms with E-state index in [0.717, 1.165) is 11.6 Å². The molecule has 0 aliphatic rings. The molecule has 6 nitrogen and oxygen atoms in total. The first-order chi connectivity index (χ1) is 12.7. The number of carbonyl (C=O) groups is 1. The second-order valence-corrected chi connectivity index (χ2v) is 8.03. The Hall–Kier alpha value is -2.38. The smallest absolute Gasteiger partial charge is 0.244 e. The normalized spacial score (nSPS) is 11.6. The van der Waals surface area contributed by atoms with Gasteiger partial charge in [-0.05, 0) is 25.8 Å². The van der Waals surface area contributed by atoms with Crippen molar-refractivity contribution in [3.63, 3.8) is 0 Å². The zero-order valence-electron chi connectivity index (χ0n) is 15.9. The number of aryl methyl sites for hydroxylation is 1. The average Bonchev–Trinajstić information content (AvgIpc) is 2.65. The van der Waals surface area contributed by atoms with Crippen LogP contribution in [0, 0.1) is 6.92 Å². The second-order valence-electron chi connectivity index (χ2n) is 6.35. The van der Waals surface area contributed by atoms with Crippen LogP contribution in [0.3, 0.4) is 0 Å². The number of rotatable bonds is 8. The largest absolute Gasteiger partial charge is 0.507 e. The zero-order chi connectivity index (χ0) is 20.2. The molecule has 0 radical (unpaired) electrons. The molecule has 0 heterocycles. The van der Waals surface area contributed by atoms with E-state index in [4.69, 9.17) is 4.74 Å². The van der Waals surface area contributed by atoms with Crippen molar-refractivity contribution in [1.82, 2.24) is 4.72 Å². The molecular weight excluding hydrogens is 366 g/mol. The van der Waals surface area contributed by atoms with E-state index in [9.17, 15) is 18.3 Å². The predicted molar refractivity (Wildman–Crippen MR) is 104 cm³/mol. The van der Waals surface area contributed by atoms with Crippen LogP contribution in [0.5, 0.6) is 11.5 Å². The highest BCUT2D eigenvalue weighted by atomic mass is 32.2. The number of carbonyl (C=O) groups excluding carboxylic acids is 1. The minimum absolute atomic E-state index is 0.0218. The summed E-state index contributed by atoms with van der Waals surface area (Å²) in [5.74, 6) is -0.820. The maximum Gasteiger partial charge on any atom is 0.244 e. The van der Waals surface area contributed by atoms with E-state index in [-0.39, 0.29) is 28.0 Å². The van der Waals surface area contributed by atoms with E-state index in [1.165, 1.54) is 13.2 Å². The van der Waals surface area contributed by atoms with Crippen molar-refractivity contribution in [1.29, 1.82) is 0 Å². The standard InChI is InChI=1S/C20H25NO5S/c1-5-15(6-2)21-27(24,25)19-11-16(17(22)12-18(19)26-4)20(23)14-9-7-13(3)8-10-14/h7-12,15,21-22H,5-6H2,1-4H3. The number of aromatic hydroxyl groups is 1. The summed E-state index contributed by atoms with van der Waals surface area (Å²) >= 11 is 0. The quantitative estimate of drug-likeness (QED) is 0.673. The molecule has 2 aromatic carbocycles. The van der Waals surface area contributed by atoms with Crippen LogP contribution in [0.15, 0.2) is 41.3 Å². The number of hydrogen-bond donors (Lipinski definition) is 2. The van der Waals surface area contributed by atoms with Gasteiger partial charge in [-0.3, -0.25) is 4.79 Å². The van der Waals surface area contributed by atoms with E-state index in [0.29, 0.717) is 18.4 Å². The van der Waals surface area contributed by atoms with Gasteiger partial charge in [0, 0.05) is 17.7 Å². The number of methoxy groups -OCH3 is 1. The summed E-state index contributed by atoms with van der Waals surface area (Å²) < 4.78 is 33.4. The van der Waals surface area contributed by atoms with Gasteiger partial charge in [-0.25, -0.2) is 13.1 Å². The van der Waals surface area contributed by atoms with Crippen LogP contribution in [0.2, 0.25) is 0 Å². The molecule has 0 saturated heterocycles. The van der Waals surface area contributed by atoms with Crippen molar-refractivity contribution in [3.05, 3.63) is 53.1 Å². The molecule has 2 rings (SSSR count). The minimum atomic E-state index is -3.93. The Labute approximate surface area is 160 Å². The summed E-state index contributed by atoms with van der Waals surface area (Å²) in [5, 5.41) is 10.3. The van der Waals surface area contributed by atoms with Crippen LogP contribution in [-0.2, 0) is 10.0 Å². The van der Waals surface area contributed by atoms with Gasteiger partial charge in [0.25, 0.3) is 0 Å². The number of hydrogen-bond acceptors (Lipinski definition) is 5. The molecule has 2 N–H and O–H groups in total. The van der Waals surface area contributed by atoms with E-state index in [2.05, 4.69) is 4.72 Å². The van der Waals surface area contributed by atoms with Gasteiger partial charge in [-0.2, -0.15) is 0 Å². The predicted octanol–water partition coefficient (Wildman–Crippen LogP) is 3.41. The van der Waals surface area contributed by atoms with Gasteiger partial charge in [-0.1, -0.05) is 43.7 Å². The van der Waals surface area contributed by atoms with E-state index >= 15 is 0 Å². The average molecular weight is 391 g/mol. The summed E-state index contributed by atoms with van der Waals surface area (Å²) in [6.45, 7) is 5.67. The number of ether oxygens (including phenoxy) is 1. The van der Waals surface area contributed by atoms with Crippen molar-refractivity contribution in [2.24, 2.45) is 0 Å². The van der Waals surface area contributed by atoms with Crippen LogP contribution < -0.4 is 9.46 Å². The number of nitrogens with one attached hydrogen (secondary N) is 1. The number of phenolic OH excluding ortho intramolecular Hbond substituents is 1. The molecular formula is C20H25NO5S. The molecule has 0 fully saturated rings. The Balaban J connectivity index is 2.54. The van der Waals surface area contributed by atoms with Gasteiger partial charge < -0.3 is 9.84 Å². The topological polar surface area (TPSA) is 92.7 Å². The molecule has 0 aliphatic heterocycles. The van der Waals surface area contributed by atoms with Crippen LogP contribution >= 0.6 is 0 Å². The monoisotopic (exact) mass is 391 g/mol. The van der Waals surface area contributed by atoms with Crippen LogP contribution in [0.1, 0.15) is 48.2 Å². The summed E-state index contributed by atoms with van der Waals surface area (Å²) in [6, 6.07) is 8.92. The highest BCUT2D eigenvalue weighted by Gasteiger charge is 2.26. The third-order valence-corrected chi connectivity index (χ3v) is 5.98. The van der Waals surface area contributed by atoms with Crippen molar-refractivity contribution in [2.75, 3.05) is 7.11 Å². The Morgan fingerprint density at radius 3 is 2.26 bits per heavy atom. The van der Waals surface area contributed by atoms with E-state index in [1.807, 2.05) is 20.8 Å². The SMILES string of the molecule is CCC(CC)NS(=O)(=O)c1cc(C(=O)c2ccc(C)cc2)c(O)cc1OC. The van der Waals surface area contributed by atoms with E-state index < -0.39 is 15.8 Å². The third-order valence-electron chi connectivity index (χ3n) is 4.44. The van der Waals surface area contributed by atoms with Gasteiger partial charge in [0.15, 0.2) is 5.78 Å². The fourth-order valence-corrected chi connectivity index (χ4v) is 4.28. The molecule has 27 heavy (non-hydrogen) atoms. The molecule has 146 valence electrons. The zero-order valence-corrected chi connectivity index (χ0v) is 16.8. The Morgan fingerprint density at radius 2 is 1.74 bits per heavy atom. The molecule has 0 amide bonds. The van der Waals surface area contributed by atoms with Crippen LogP contribution in [-0.4, -0.2) is 32.5 Å². The number of sulfonamides is 1. The Bertz CT molecular complexity index is 916. The fraction of sp³-hybridized carbons (Fsp3) is 0.350. The first kappa shape index (κ1) is 20.9. The highest BCUT2D eigenvalue weighted by Crippen LogP contribution is 2.33. The summed E-state index contributed by atoms with van der Waals surface area (Å²) in [7, 11) is -2.61. The molecule has 0 spiro atoms. The van der Waals surface area contributed by atoms with Gasteiger partial charge in [0.2, 0.25) is 10.0 Å². The first-order valence-electron chi connectivity index (χ1n) is 8.78. The lowest BCUT2D eigenvalue weighted by Gasteiger charge is -2.18. The lowest BCUT2D eigenvalue weighted by molar-refractivity contribution is 0.103. The summed E-state index contributed by atoms with van der Waals surface area (Å²) in [6.07, 6.45) is 1.26. The van der Waals surface area contributed by atoms with Gasteiger partial charge in [0.1, 0.15) is 16.4 Å². The maximum atomic E-state index is 12.8. The van der Waals surface area contributed by atoms with Crippen LogP contribution in [0.4, 0.5) is 0 Å². The summed E-state index contributed by atoms with van der Waals surface area (Å²) in [5.41, 5.74) is 1.25. The minimum Gasteiger partial charge on any atom is -0.507 e. The van der Waals surface area contributed by atoms with Crippen LogP contribution in [0.25, 0.3) is 0 Å². The Morgan fingerprint density at radius 1 is 1.15 bits per heavy atom. The van der Waals surface area contributed by atoms with Gasteiger partial charge >= 0.3 is 0 Å². The molecule has 0 unspecified atom stereocenters. The number of ketones is 1. The van der Waals surface area contributed by atoms with Crippen molar-refractivity contribution in [2.45, 2.75) is 44.6 Å². The first-order valence-corrected chi connectivity index (χ1v) is 10.3. The molecule has 2 aromatic rings. The molecule has 0 aromatic heterocycles. The molecule has 0 saturated carbocycles. The van der Waals surface area contributed by atoms with Crippen molar-refractivity contribution >= 4 is 15.8 Å². The second kappa shape index (κ2) is 8.54. The van der Waals surface area contributed by atoms with Gasteiger partial charge in [0.05, 0.1) is 12.7 Å².